The topological polar surface area (TPSA) is 9.72 Å². The van der Waals surface area contributed by atoms with Gasteiger partial charge >= 0.3 is 7.25 Å². The number of rotatable bonds is 3. The Kier molecular flexibility index (Phi) is 8.49. The zero-order valence-electron chi connectivity index (χ0n) is 9.84. The first kappa shape index (κ1) is 17.4. The molecule has 0 aliphatic heterocycles. The lowest BCUT2D eigenvalue weighted by Crippen LogP contribution is -2.44. The van der Waals surface area contributed by atoms with E-state index in [0.29, 0.717) is 0 Å². The van der Waals surface area contributed by atoms with E-state index in [4.69, 9.17) is 0 Å². The van der Waals surface area contributed by atoms with Gasteiger partial charge in [0.25, 0.3) is 11.5 Å². The molecule has 0 radical (unpaired) electrons. The third-order valence-corrected chi connectivity index (χ3v) is 2.94. The van der Waals surface area contributed by atoms with Gasteiger partial charge in [-0.05, 0) is 0 Å². The summed E-state index contributed by atoms with van der Waals surface area (Å²) in [5.74, 6) is 0. The van der Waals surface area contributed by atoms with Crippen molar-refractivity contribution >= 4 is 18.7 Å². The standard InChI is InChI=1S/C6H18N3S.BF4/c1-7(2)10(8(3)4)9(5)6;2-1(3,4)5/h1-6H3;/q+1;-1. The molecule has 15 heavy (non-hydrogen) atoms. The fourth-order valence-electron chi connectivity index (χ4n) is 0.980. The van der Waals surface area contributed by atoms with Gasteiger partial charge in [0.2, 0.25) is 0 Å². The van der Waals surface area contributed by atoms with E-state index < -0.39 is 7.25 Å². The smallest absolute Gasteiger partial charge is 0.418 e. The van der Waals surface area contributed by atoms with Crippen molar-refractivity contribution in [2.75, 3.05) is 42.3 Å². The highest BCUT2D eigenvalue weighted by Gasteiger charge is 2.29. The van der Waals surface area contributed by atoms with E-state index in [1.807, 2.05) is 0 Å². The van der Waals surface area contributed by atoms with Crippen LogP contribution in [0.1, 0.15) is 0 Å². The monoisotopic (exact) mass is 251 g/mol. The van der Waals surface area contributed by atoms with Gasteiger partial charge in [0.15, 0.2) is 0 Å². The summed E-state index contributed by atoms with van der Waals surface area (Å²) in [6, 6.07) is 0. The van der Waals surface area contributed by atoms with Crippen molar-refractivity contribution in [3.05, 3.63) is 0 Å². The predicted octanol–water partition coefficient (Wildman–Crippen LogP) is 1.33. The molecule has 0 heterocycles. The summed E-state index contributed by atoms with van der Waals surface area (Å²) in [5.41, 5.74) is 0. The quantitative estimate of drug-likeness (QED) is 0.425. The van der Waals surface area contributed by atoms with E-state index in [1.54, 1.807) is 0 Å². The zero-order valence-corrected chi connectivity index (χ0v) is 10.7. The zero-order chi connectivity index (χ0) is 12.8. The lowest BCUT2D eigenvalue weighted by Gasteiger charge is -2.20. The first-order valence-corrected chi connectivity index (χ1v) is 5.20. The summed E-state index contributed by atoms with van der Waals surface area (Å²) in [4.78, 5) is 0. The largest absolute Gasteiger partial charge is 0.673 e. The summed E-state index contributed by atoms with van der Waals surface area (Å²) >= 11 is 0.120. The van der Waals surface area contributed by atoms with Crippen LogP contribution in [0.4, 0.5) is 17.3 Å². The Balaban J connectivity index is 0. The van der Waals surface area contributed by atoms with E-state index in [2.05, 4.69) is 55.2 Å². The molecule has 0 unspecified atom stereocenters. The molecular formula is C6H18BF4N3S. The van der Waals surface area contributed by atoms with Crippen LogP contribution >= 0.6 is 0 Å². The summed E-state index contributed by atoms with van der Waals surface area (Å²) in [7, 11) is 6.52. The molecule has 0 saturated carbocycles. The Morgan fingerprint density at radius 3 is 0.800 bits per heavy atom. The van der Waals surface area contributed by atoms with Crippen molar-refractivity contribution in [3.8, 4) is 0 Å². The van der Waals surface area contributed by atoms with Gasteiger partial charge in [-0.1, -0.05) is 12.9 Å². The van der Waals surface area contributed by atoms with E-state index in [1.165, 1.54) is 0 Å². The second kappa shape index (κ2) is 7.31. The molecule has 0 rings (SSSR count). The predicted molar refractivity (Wildman–Crippen MR) is 58.6 cm³/mol. The Morgan fingerprint density at radius 1 is 0.667 bits per heavy atom. The maximum atomic E-state index is 9.75. The van der Waals surface area contributed by atoms with Crippen LogP contribution in [0.5, 0.6) is 0 Å². The average molecular weight is 251 g/mol. The Labute approximate surface area is 91.9 Å². The maximum absolute atomic E-state index is 9.75. The number of hydrogen-bond donors (Lipinski definition) is 0. The van der Waals surface area contributed by atoms with Crippen molar-refractivity contribution in [3.63, 3.8) is 0 Å². The normalized spacial score (nSPS) is 12.4. The molecule has 0 spiro atoms. The van der Waals surface area contributed by atoms with Crippen LogP contribution in [-0.4, -0.2) is 62.5 Å². The van der Waals surface area contributed by atoms with E-state index in [0.717, 1.165) is 0 Å². The molecule has 0 aromatic heterocycles. The van der Waals surface area contributed by atoms with Crippen molar-refractivity contribution in [2.24, 2.45) is 0 Å². The van der Waals surface area contributed by atoms with Crippen molar-refractivity contribution in [2.45, 2.75) is 0 Å². The van der Waals surface area contributed by atoms with Crippen molar-refractivity contribution < 1.29 is 17.3 Å². The Bertz CT molecular complexity index is 140. The van der Waals surface area contributed by atoms with Gasteiger partial charge < -0.3 is 17.3 Å². The minimum atomic E-state index is -6.00. The van der Waals surface area contributed by atoms with Crippen LogP contribution in [0.2, 0.25) is 0 Å². The maximum Gasteiger partial charge on any atom is 0.673 e. The summed E-state index contributed by atoms with van der Waals surface area (Å²) in [6.07, 6.45) is 0. The molecule has 94 valence electrons. The van der Waals surface area contributed by atoms with E-state index in [-0.39, 0.29) is 11.5 Å². The highest BCUT2D eigenvalue weighted by atomic mass is 32.2. The van der Waals surface area contributed by atoms with Gasteiger partial charge in [-0.25, -0.2) is 0 Å². The molecule has 0 amide bonds. The van der Waals surface area contributed by atoms with E-state index >= 15 is 0 Å². The third kappa shape index (κ3) is 14.0. The van der Waals surface area contributed by atoms with Gasteiger partial charge in [-0.3, -0.25) is 0 Å². The van der Waals surface area contributed by atoms with E-state index in [9.17, 15) is 17.3 Å². The molecule has 0 aromatic rings. The van der Waals surface area contributed by atoms with Gasteiger partial charge in [0, 0.05) is 42.3 Å². The minimum Gasteiger partial charge on any atom is -0.418 e. The lowest BCUT2D eigenvalue weighted by atomic mass is 10.3. The van der Waals surface area contributed by atoms with Gasteiger partial charge in [0.1, 0.15) is 0 Å². The molecule has 0 aliphatic carbocycles. The van der Waals surface area contributed by atoms with Crippen LogP contribution in [0.3, 0.4) is 0 Å². The fraction of sp³-hybridized carbons (Fsp3) is 1.00. The summed E-state index contributed by atoms with van der Waals surface area (Å²) in [5, 5.41) is 0. The molecule has 0 atom stereocenters. The van der Waals surface area contributed by atoms with Crippen LogP contribution in [0.15, 0.2) is 0 Å². The first-order chi connectivity index (χ1) is 6.46. The van der Waals surface area contributed by atoms with Gasteiger partial charge in [-0.2, -0.15) is 0 Å². The summed E-state index contributed by atoms with van der Waals surface area (Å²) in [6.45, 7) is 0. The molecule has 3 nitrogen and oxygen atoms in total. The lowest BCUT2D eigenvalue weighted by molar-refractivity contribution is 0.368. The van der Waals surface area contributed by atoms with Crippen molar-refractivity contribution in [1.29, 1.82) is 0 Å². The van der Waals surface area contributed by atoms with Crippen molar-refractivity contribution in [1.82, 2.24) is 12.9 Å². The van der Waals surface area contributed by atoms with Crippen LogP contribution in [-0.2, 0) is 11.5 Å². The Hall–Kier alpha value is 0.0149. The van der Waals surface area contributed by atoms with Crippen LogP contribution < -0.4 is 0 Å². The molecule has 0 aromatic carbocycles. The minimum absolute atomic E-state index is 0.120. The second-order valence-electron chi connectivity index (χ2n) is 3.18. The average Bonchev–Trinajstić information content (AvgIpc) is 1.77. The summed E-state index contributed by atoms with van der Waals surface area (Å²) < 4.78 is 45.6. The number of nitrogens with zero attached hydrogens (tertiary/aromatic N) is 3. The Morgan fingerprint density at radius 2 is 0.800 bits per heavy atom. The van der Waals surface area contributed by atoms with Crippen LogP contribution in [0, 0.1) is 0 Å². The molecule has 0 fully saturated rings. The number of hydrogen-bond acceptors (Lipinski definition) is 3. The fourth-order valence-corrected chi connectivity index (χ4v) is 2.94. The molecule has 0 bridgehead atoms. The molecule has 0 aliphatic rings. The van der Waals surface area contributed by atoms with Crippen LogP contribution in [0.25, 0.3) is 0 Å². The molecular weight excluding hydrogens is 233 g/mol. The second-order valence-corrected chi connectivity index (χ2v) is 5.86. The molecule has 0 saturated heterocycles. The first-order valence-electron chi connectivity index (χ1n) is 4.10. The number of halogens is 4. The SMILES string of the molecule is CN(C)[S+](N(C)C)N(C)C.F[B-](F)(F)F. The highest BCUT2D eigenvalue weighted by molar-refractivity contribution is 7.90. The van der Waals surface area contributed by atoms with Gasteiger partial charge in [-0.15, -0.1) is 0 Å². The van der Waals surface area contributed by atoms with Gasteiger partial charge in [0.05, 0.1) is 0 Å². The third-order valence-electron chi connectivity index (χ3n) is 0.980. The molecule has 9 heteroatoms. The molecule has 0 N–H and O–H groups in total. The highest BCUT2D eigenvalue weighted by Crippen LogP contribution is 2.06.